The van der Waals surface area contributed by atoms with Gasteiger partial charge in [-0.1, -0.05) is 0 Å². The Balaban J connectivity index is 2.23. The summed E-state index contributed by atoms with van der Waals surface area (Å²) in [6.07, 6.45) is 3.28. The summed E-state index contributed by atoms with van der Waals surface area (Å²) < 4.78 is 0. The standard InChI is InChI=1S/C9H11N5/c1-6-4-9(14-13-6)12-8-2-3-11-5-7(8)10/h2-5H,10H2,1H3,(H2,11,12,13,14). The third-order valence-corrected chi connectivity index (χ3v) is 1.82. The normalized spacial score (nSPS) is 10.1. The predicted octanol–water partition coefficient (Wildman–Crippen LogP) is 1.44. The van der Waals surface area contributed by atoms with Crippen molar-refractivity contribution in [2.24, 2.45) is 0 Å². The van der Waals surface area contributed by atoms with Crippen molar-refractivity contribution in [1.82, 2.24) is 15.2 Å². The molecule has 0 fully saturated rings. The van der Waals surface area contributed by atoms with Gasteiger partial charge in [0.25, 0.3) is 0 Å². The summed E-state index contributed by atoms with van der Waals surface area (Å²) in [6, 6.07) is 3.71. The average Bonchev–Trinajstić information content (AvgIpc) is 2.56. The number of H-pyrrole nitrogens is 1. The van der Waals surface area contributed by atoms with E-state index in [0.717, 1.165) is 17.2 Å². The van der Waals surface area contributed by atoms with Gasteiger partial charge in [0.05, 0.1) is 17.6 Å². The van der Waals surface area contributed by atoms with Crippen LogP contribution < -0.4 is 11.1 Å². The number of hydrogen-bond donors (Lipinski definition) is 3. The maximum atomic E-state index is 5.71. The Bertz CT molecular complexity index is 434. The van der Waals surface area contributed by atoms with Gasteiger partial charge in [-0.15, -0.1) is 0 Å². The number of rotatable bonds is 2. The molecule has 0 bridgehead atoms. The van der Waals surface area contributed by atoms with Gasteiger partial charge in [-0.3, -0.25) is 10.1 Å². The van der Waals surface area contributed by atoms with Crippen LogP contribution >= 0.6 is 0 Å². The van der Waals surface area contributed by atoms with E-state index in [2.05, 4.69) is 20.5 Å². The van der Waals surface area contributed by atoms with Crippen LogP contribution in [0, 0.1) is 6.92 Å². The summed E-state index contributed by atoms with van der Waals surface area (Å²) in [7, 11) is 0. The molecule has 14 heavy (non-hydrogen) atoms. The van der Waals surface area contributed by atoms with Crippen LogP contribution in [-0.2, 0) is 0 Å². The molecule has 0 aliphatic carbocycles. The minimum atomic E-state index is 0.605. The van der Waals surface area contributed by atoms with E-state index in [1.54, 1.807) is 18.5 Å². The number of aromatic amines is 1. The molecule has 0 saturated carbocycles. The van der Waals surface area contributed by atoms with E-state index in [-0.39, 0.29) is 0 Å². The van der Waals surface area contributed by atoms with E-state index in [1.165, 1.54) is 0 Å². The molecule has 0 aliphatic rings. The third kappa shape index (κ3) is 1.66. The quantitative estimate of drug-likeness (QED) is 0.667. The van der Waals surface area contributed by atoms with E-state index in [4.69, 9.17) is 5.73 Å². The summed E-state index contributed by atoms with van der Waals surface area (Å²) in [5.74, 6) is 0.750. The van der Waals surface area contributed by atoms with Gasteiger partial charge in [-0.25, -0.2) is 0 Å². The fourth-order valence-corrected chi connectivity index (χ4v) is 1.14. The Hall–Kier alpha value is -2.04. The molecule has 0 amide bonds. The highest BCUT2D eigenvalue weighted by Crippen LogP contribution is 2.19. The number of nitrogens with zero attached hydrogens (tertiary/aromatic N) is 2. The SMILES string of the molecule is Cc1cc(Nc2ccncc2N)n[nH]1. The molecule has 2 heterocycles. The van der Waals surface area contributed by atoms with Crippen molar-refractivity contribution in [1.29, 1.82) is 0 Å². The van der Waals surface area contributed by atoms with Crippen LogP contribution in [0.3, 0.4) is 0 Å². The number of hydrogen-bond acceptors (Lipinski definition) is 4. The Morgan fingerprint density at radius 1 is 1.50 bits per heavy atom. The molecule has 0 aliphatic heterocycles. The summed E-state index contributed by atoms with van der Waals surface area (Å²) >= 11 is 0. The molecule has 4 N–H and O–H groups in total. The van der Waals surface area contributed by atoms with Gasteiger partial charge < -0.3 is 11.1 Å². The second kappa shape index (κ2) is 3.37. The highest BCUT2D eigenvalue weighted by Gasteiger charge is 2.00. The zero-order valence-electron chi connectivity index (χ0n) is 7.78. The van der Waals surface area contributed by atoms with E-state index in [1.807, 2.05) is 13.0 Å². The first-order chi connectivity index (χ1) is 6.75. The lowest BCUT2D eigenvalue weighted by molar-refractivity contribution is 1.05. The summed E-state index contributed by atoms with van der Waals surface area (Å²) in [5, 5.41) is 9.97. The Morgan fingerprint density at radius 3 is 3.00 bits per heavy atom. The van der Waals surface area contributed by atoms with Gasteiger partial charge >= 0.3 is 0 Å². The number of nitrogens with one attached hydrogen (secondary N) is 2. The van der Waals surface area contributed by atoms with Crippen LogP contribution in [0.5, 0.6) is 0 Å². The van der Waals surface area contributed by atoms with Crippen LogP contribution in [0.1, 0.15) is 5.69 Å². The van der Waals surface area contributed by atoms with Crippen LogP contribution in [0.2, 0.25) is 0 Å². The first-order valence-electron chi connectivity index (χ1n) is 4.24. The Labute approximate surface area is 81.4 Å². The van der Waals surface area contributed by atoms with Gasteiger partial charge in [0, 0.05) is 18.0 Å². The van der Waals surface area contributed by atoms with Crippen LogP contribution in [0.25, 0.3) is 0 Å². The van der Waals surface area contributed by atoms with Crippen molar-refractivity contribution in [2.45, 2.75) is 6.92 Å². The fourth-order valence-electron chi connectivity index (χ4n) is 1.14. The minimum absolute atomic E-state index is 0.605. The lowest BCUT2D eigenvalue weighted by Gasteiger charge is -2.04. The second-order valence-corrected chi connectivity index (χ2v) is 3.02. The summed E-state index contributed by atoms with van der Waals surface area (Å²) in [5.41, 5.74) is 8.13. The molecule has 72 valence electrons. The summed E-state index contributed by atoms with van der Waals surface area (Å²) in [4.78, 5) is 3.90. The molecule has 2 aromatic heterocycles. The molecule has 0 saturated heterocycles. The smallest absolute Gasteiger partial charge is 0.152 e. The number of pyridine rings is 1. The average molecular weight is 189 g/mol. The maximum Gasteiger partial charge on any atom is 0.152 e. The van der Waals surface area contributed by atoms with Crippen LogP contribution in [-0.4, -0.2) is 15.2 Å². The van der Waals surface area contributed by atoms with Gasteiger partial charge in [-0.05, 0) is 13.0 Å². The van der Waals surface area contributed by atoms with E-state index < -0.39 is 0 Å². The molecular formula is C9H11N5. The maximum absolute atomic E-state index is 5.71. The molecular weight excluding hydrogens is 178 g/mol. The van der Waals surface area contributed by atoms with E-state index in [0.29, 0.717) is 5.69 Å². The molecule has 0 spiro atoms. The molecule has 5 heteroatoms. The molecule has 2 rings (SSSR count). The number of nitrogens with two attached hydrogens (primary N) is 1. The fraction of sp³-hybridized carbons (Fsp3) is 0.111. The first kappa shape index (κ1) is 8.55. The minimum Gasteiger partial charge on any atom is -0.396 e. The van der Waals surface area contributed by atoms with Crippen LogP contribution in [0.4, 0.5) is 17.2 Å². The zero-order chi connectivity index (χ0) is 9.97. The lowest BCUT2D eigenvalue weighted by Crippen LogP contribution is -1.96. The molecule has 0 aromatic carbocycles. The summed E-state index contributed by atoms with van der Waals surface area (Å²) in [6.45, 7) is 1.94. The molecule has 0 unspecified atom stereocenters. The highest BCUT2D eigenvalue weighted by molar-refractivity contribution is 5.69. The first-order valence-corrected chi connectivity index (χ1v) is 4.24. The highest BCUT2D eigenvalue weighted by atomic mass is 15.2. The van der Waals surface area contributed by atoms with Crippen molar-refractivity contribution >= 4 is 17.2 Å². The van der Waals surface area contributed by atoms with Crippen molar-refractivity contribution in [3.8, 4) is 0 Å². The van der Waals surface area contributed by atoms with Crippen molar-refractivity contribution < 1.29 is 0 Å². The number of nitrogen functional groups attached to an aromatic ring is 1. The number of aromatic nitrogens is 3. The monoisotopic (exact) mass is 189 g/mol. The van der Waals surface area contributed by atoms with Gasteiger partial charge in [0.2, 0.25) is 0 Å². The lowest BCUT2D eigenvalue weighted by atomic mass is 10.3. The third-order valence-electron chi connectivity index (χ3n) is 1.82. The Kier molecular flexibility index (Phi) is 2.06. The molecule has 2 aromatic rings. The molecule has 0 radical (unpaired) electrons. The van der Waals surface area contributed by atoms with E-state index in [9.17, 15) is 0 Å². The Morgan fingerprint density at radius 2 is 2.36 bits per heavy atom. The van der Waals surface area contributed by atoms with Gasteiger partial charge in [-0.2, -0.15) is 5.10 Å². The van der Waals surface area contributed by atoms with Gasteiger partial charge in [0.1, 0.15) is 0 Å². The second-order valence-electron chi connectivity index (χ2n) is 3.02. The number of aryl methyl sites for hydroxylation is 1. The van der Waals surface area contributed by atoms with E-state index >= 15 is 0 Å². The molecule has 5 nitrogen and oxygen atoms in total. The zero-order valence-corrected chi connectivity index (χ0v) is 7.78. The van der Waals surface area contributed by atoms with Crippen molar-refractivity contribution in [3.05, 3.63) is 30.2 Å². The predicted molar refractivity (Wildman–Crippen MR) is 55.3 cm³/mol. The number of anilines is 3. The van der Waals surface area contributed by atoms with Crippen molar-refractivity contribution in [2.75, 3.05) is 11.1 Å². The van der Waals surface area contributed by atoms with Crippen molar-refractivity contribution in [3.63, 3.8) is 0 Å². The topological polar surface area (TPSA) is 79.6 Å². The van der Waals surface area contributed by atoms with Crippen LogP contribution in [0.15, 0.2) is 24.5 Å². The largest absolute Gasteiger partial charge is 0.396 e. The van der Waals surface area contributed by atoms with Gasteiger partial charge in [0.15, 0.2) is 5.82 Å². The molecule has 0 atom stereocenters.